The number of carbonyl (C=O) groups excluding carboxylic acids is 2. The zero-order chi connectivity index (χ0) is 18.7. The van der Waals surface area contributed by atoms with E-state index in [0.717, 1.165) is 0 Å². The van der Waals surface area contributed by atoms with E-state index in [4.69, 9.17) is 0 Å². The quantitative estimate of drug-likeness (QED) is 0.766. The highest BCUT2D eigenvalue weighted by Crippen LogP contribution is 2.26. The Morgan fingerprint density at radius 3 is 2.62 bits per heavy atom. The van der Waals surface area contributed by atoms with Gasteiger partial charge in [-0.15, -0.1) is 0 Å². The lowest BCUT2D eigenvalue weighted by Gasteiger charge is -2.17. The number of carbonyl (C=O) groups is 2. The summed E-state index contributed by atoms with van der Waals surface area (Å²) < 4.78 is 28.5. The molecule has 0 unspecified atom stereocenters. The second kappa shape index (κ2) is 7.82. The second-order valence-corrected chi connectivity index (χ2v) is 6.76. The molecule has 3 rings (SSSR count). The smallest absolute Gasteiger partial charge is 0.243 e. The van der Waals surface area contributed by atoms with Crippen LogP contribution in [0.1, 0.15) is 12.8 Å². The molecule has 2 amide bonds. The van der Waals surface area contributed by atoms with Gasteiger partial charge in [0.05, 0.1) is 17.9 Å². The first-order chi connectivity index (χ1) is 12.4. The molecule has 0 saturated carbocycles. The highest BCUT2D eigenvalue weighted by atomic mass is 79.9. The summed E-state index contributed by atoms with van der Waals surface area (Å²) in [5, 5.41) is 5.22. The monoisotopic (exact) mass is 423 g/mol. The van der Waals surface area contributed by atoms with E-state index in [0.29, 0.717) is 29.5 Å². The SMILES string of the molecule is O=C(CNc1ccc(N2CCCC2=O)c(F)c1)Nc1ccc(Br)cc1F. The van der Waals surface area contributed by atoms with Crippen molar-refractivity contribution in [1.29, 1.82) is 0 Å². The highest BCUT2D eigenvalue weighted by molar-refractivity contribution is 9.10. The number of nitrogens with zero attached hydrogens (tertiary/aromatic N) is 1. The van der Waals surface area contributed by atoms with Gasteiger partial charge in [0, 0.05) is 23.1 Å². The summed E-state index contributed by atoms with van der Waals surface area (Å²) >= 11 is 3.14. The number of hydrogen-bond donors (Lipinski definition) is 2. The van der Waals surface area contributed by atoms with Crippen molar-refractivity contribution in [2.75, 3.05) is 28.6 Å². The van der Waals surface area contributed by atoms with E-state index in [1.54, 1.807) is 12.1 Å². The minimum absolute atomic E-state index is 0.0640. The fraction of sp³-hybridized carbons (Fsp3) is 0.222. The third-order valence-corrected chi connectivity index (χ3v) is 4.46. The number of amides is 2. The van der Waals surface area contributed by atoms with Crippen LogP contribution in [-0.4, -0.2) is 24.9 Å². The maximum absolute atomic E-state index is 14.2. The van der Waals surface area contributed by atoms with E-state index in [9.17, 15) is 18.4 Å². The van der Waals surface area contributed by atoms with Crippen molar-refractivity contribution in [3.05, 3.63) is 52.5 Å². The second-order valence-electron chi connectivity index (χ2n) is 5.84. The number of nitrogens with one attached hydrogen (secondary N) is 2. The fourth-order valence-electron chi connectivity index (χ4n) is 2.71. The number of benzene rings is 2. The van der Waals surface area contributed by atoms with Crippen molar-refractivity contribution in [2.24, 2.45) is 0 Å². The molecule has 8 heteroatoms. The number of halogens is 3. The minimum atomic E-state index is -0.557. The predicted octanol–water partition coefficient (Wildman–Crippen LogP) is 3.90. The lowest BCUT2D eigenvalue weighted by atomic mass is 10.2. The van der Waals surface area contributed by atoms with Crippen LogP contribution in [0.2, 0.25) is 0 Å². The number of anilines is 3. The molecular formula is C18H16BrF2N3O2. The summed E-state index contributed by atoms with van der Waals surface area (Å²) in [5.41, 5.74) is 0.692. The molecule has 1 saturated heterocycles. The summed E-state index contributed by atoms with van der Waals surface area (Å²) in [6, 6.07) is 8.63. The Bertz CT molecular complexity index is 860. The summed E-state index contributed by atoms with van der Waals surface area (Å²) in [4.78, 5) is 25.1. The summed E-state index contributed by atoms with van der Waals surface area (Å²) in [7, 11) is 0. The zero-order valence-electron chi connectivity index (χ0n) is 13.7. The molecule has 1 fully saturated rings. The van der Waals surface area contributed by atoms with Crippen molar-refractivity contribution in [2.45, 2.75) is 12.8 Å². The molecule has 1 aliphatic heterocycles. The molecule has 0 bridgehead atoms. The summed E-state index contributed by atoms with van der Waals surface area (Å²) in [6.45, 7) is 0.348. The highest BCUT2D eigenvalue weighted by Gasteiger charge is 2.24. The van der Waals surface area contributed by atoms with Crippen molar-refractivity contribution < 1.29 is 18.4 Å². The molecule has 2 aromatic rings. The molecule has 2 N–H and O–H groups in total. The van der Waals surface area contributed by atoms with Crippen LogP contribution in [0.5, 0.6) is 0 Å². The third kappa shape index (κ3) is 4.19. The van der Waals surface area contributed by atoms with Gasteiger partial charge in [-0.2, -0.15) is 0 Å². The van der Waals surface area contributed by atoms with Crippen molar-refractivity contribution >= 4 is 44.8 Å². The topological polar surface area (TPSA) is 61.4 Å². The number of hydrogen-bond acceptors (Lipinski definition) is 3. The predicted molar refractivity (Wildman–Crippen MR) is 99.2 cm³/mol. The van der Waals surface area contributed by atoms with Gasteiger partial charge < -0.3 is 15.5 Å². The van der Waals surface area contributed by atoms with E-state index in [2.05, 4.69) is 26.6 Å². The van der Waals surface area contributed by atoms with E-state index < -0.39 is 17.5 Å². The first kappa shape index (κ1) is 18.3. The van der Waals surface area contributed by atoms with E-state index in [-0.39, 0.29) is 23.8 Å². The maximum Gasteiger partial charge on any atom is 0.243 e. The Morgan fingerprint density at radius 1 is 1.15 bits per heavy atom. The summed E-state index contributed by atoms with van der Waals surface area (Å²) in [6.07, 6.45) is 1.14. The zero-order valence-corrected chi connectivity index (χ0v) is 15.3. The van der Waals surface area contributed by atoms with Gasteiger partial charge in [0.1, 0.15) is 11.6 Å². The Balaban J connectivity index is 1.60. The van der Waals surface area contributed by atoms with Gasteiger partial charge in [0.2, 0.25) is 11.8 Å². The molecule has 136 valence electrons. The third-order valence-electron chi connectivity index (χ3n) is 3.97. The van der Waals surface area contributed by atoms with Gasteiger partial charge in [0.15, 0.2) is 0 Å². The van der Waals surface area contributed by atoms with E-state index in [1.165, 1.54) is 29.2 Å². The lowest BCUT2D eigenvalue weighted by Crippen LogP contribution is -2.25. The van der Waals surface area contributed by atoms with E-state index in [1.807, 2.05) is 0 Å². The van der Waals surface area contributed by atoms with Gasteiger partial charge >= 0.3 is 0 Å². The summed E-state index contributed by atoms with van der Waals surface area (Å²) in [5.74, 6) is -1.66. The van der Waals surface area contributed by atoms with E-state index >= 15 is 0 Å². The molecule has 0 atom stereocenters. The molecule has 26 heavy (non-hydrogen) atoms. The minimum Gasteiger partial charge on any atom is -0.376 e. The molecule has 2 aromatic carbocycles. The van der Waals surface area contributed by atoms with Crippen molar-refractivity contribution in [1.82, 2.24) is 0 Å². The van der Waals surface area contributed by atoms with Crippen LogP contribution in [0.15, 0.2) is 40.9 Å². The standard InChI is InChI=1S/C18H16BrF2N3O2/c19-11-3-5-15(13(20)8-11)23-17(25)10-22-12-4-6-16(14(21)9-12)24-7-1-2-18(24)26/h3-6,8-9,22H,1-2,7,10H2,(H,23,25). The molecule has 0 spiro atoms. The first-order valence-corrected chi connectivity index (χ1v) is 8.82. The van der Waals surface area contributed by atoms with Crippen molar-refractivity contribution in [3.63, 3.8) is 0 Å². The van der Waals surface area contributed by atoms with Crippen LogP contribution in [-0.2, 0) is 9.59 Å². The van der Waals surface area contributed by atoms with Gasteiger partial charge in [-0.05, 0) is 42.8 Å². The molecular weight excluding hydrogens is 408 g/mol. The fourth-order valence-corrected chi connectivity index (χ4v) is 3.04. The molecule has 0 aliphatic carbocycles. The van der Waals surface area contributed by atoms with Gasteiger partial charge in [0.25, 0.3) is 0 Å². The molecule has 5 nitrogen and oxygen atoms in total. The molecule has 1 aliphatic rings. The molecule has 0 radical (unpaired) electrons. The average molecular weight is 424 g/mol. The average Bonchev–Trinajstić information content (AvgIpc) is 3.01. The maximum atomic E-state index is 14.2. The first-order valence-electron chi connectivity index (χ1n) is 8.03. The van der Waals surface area contributed by atoms with Crippen LogP contribution in [0.4, 0.5) is 25.8 Å². The van der Waals surface area contributed by atoms with Gasteiger partial charge in [-0.1, -0.05) is 15.9 Å². The van der Waals surface area contributed by atoms with Crippen LogP contribution in [0.3, 0.4) is 0 Å². The van der Waals surface area contributed by atoms with Crippen LogP contribution >= 0.6 is 15.9 Å². The largest absolute Gasteiger partial charge is 0.376 e. The number of rotatable bonds is 5. The Morgan fingerprint density at radius 2 is 1.96 bits per heavy atom. The normalized spacial score (nSPS) is 13.8. The van der Waals surface area contributed by atoms with Crippen molar-refractivity contribution in [3.8, 4) is 0 Å². The Kier molecular flexibility index (Phi) is 5.51. The van der Waals surface area contributed by atoms with Crippen LogP contribution in [0, 0.1) is 11.6 Å². The molecule has 1 heterocycles. The van der Waals surface area contributed by atoms with Crippen LogP contribution in [0.25, 0.3) is 0 Å². The lowest BCUT2D eigenvalue weighted by molar-refractivity contribution is -0.117. The van der Waals surface area contributed by atoms with Gasteiger partial charge in [-0.25, -0.2) is 8.78 Å². The van der Waals surface area contributed by atoms with Gasteiger partial charge in [-0.3, -0.25) is 9.59 Å². The van der Waals surface area contributed by atoms with Crippen LogP contribution < -0.4 is 15.5 Å². The Hall–Kier alpha value is -2.48. The Labute approximate surface area is 157 Å². The molecule has 0 aromatic heterocycles.